The van der Waals surface area contributed by atoms with Gasteiger partial charge in [0.2, 0.25) is 5.91 Å². The minimum atomic E-state index is -0.0980. The summed E-state index contributed by atoms with van der Waals surface area (Å²) >= 11 is 0. The molecule has 0 radical (unpaired) electrons. The average molecular weight is 305 g/mol. The Bertz CT molecular complexity index is 527. The molecule has 5 heteroatoms. The second-order valence-corrected chi connectivity index (χ2v) is 5.86. The van der Waals surface area contributed by atoms with Gasteiger partial charge in [0, 0.05) is 38.7 Å². The van der Waals surface area contributed by atoms with Gasteiger partial charge in [-0.15, -0.1) is 0 Å². The molecule has 1 aromatic rings. The maximum absolute atomic E-state index is 12.1. The van der Waals surface area contributed by atoms with E-state index in [0.717, 1.165) is 12.1 Å². The number of rotatable bonds is 7. The molecular weight excluding hydrogens is 278 g/mol. The van der Waals surface area contributed by atoms with Crippen LogP contribution in [0.5, 0.6) is 0 Å². The number of nitrogens with one attached hydrogen (secondary N) is 1. The molecule has 5 nitrogen and oxygen atoms in total. The molecule has 0 spiro atoms. The van der Waals surface area contributed by atoms with Crippen LogP contribution in [-0.2, 0) is 4.79 Å². The molecule has 0 aliphatic carbocycles. The Morgan fingerprint density at radius 2 is 1.73 bits per heavy atom. The van der Waals surface area contributed by atoms with Gasteiger partial charge in [0.25, 0.3) is 5.91 Å². The van der Waals surface area contributed by atoms with Gasteiger partial charge in [-0.2, -0.15) is 0 Å². The zero-order chi connectivity index (χ0) is 16.7. The van der Waals surface area contributed by atoms with Crippen molar-refractivity contribution in [3.63, 3.8) is 0 Å². The number of amides is 2. The SMILES string of the molecule is CC(=O)N(CCNC(=O)c1ccc(C)c(C)c1)CCN(C)C. The van der Waals surface area contributed by atoms with Gasteiger partial charge in [0.05, 0.1) is 0 Å². The zero-order valence-corrected chi connectivity index (χ0v) is 14.3. The molecule has 0 aliphatic rings. The Kier molecular flexibility index (Phi) is 7.05. The lowest BCUT2D eigenvalue weighted by Gasteiger charge is -2.23. The number of carbonyl (C=O) groups excluding carboxylic acids is 2. The van der Waals surface area contributed by atoms with Crippen LogP contribution >= 0.6 is 0 Å². The summed E-state index contributed by atoms with van der Waals surface area (Å²) in [5, 5.41) is 2.87. The van der Waals surface area contributed by atoms with Crippen molar-refractivity contribution in [3.05, 3.63) is 34.9 Å². The molecule has 0 fully saturated rings. The van der Waals surface area contributed by atoms with Gasteiger partial charge < -0.3 is 15.1 Å². The summed E-state index contributed by atoms with van der Waals surface area (Å²) in [7, 11) is 3.94. The molecule has 1 N–H and O–H groups in total. The van der Waals surface area contributed by atoms with Crippen molar-refractivity contribution in [1.82, 2.24) is 15.1 Å². The van der Waals surface area contributed by atoms with Gasteiger partial charge in [-0.3, -0.25) is 9.59 Å². The first kappa shape index (κ1) is 18.2. The predicted octanol–water partition coefficient (Wildman–Crippen LogP) is 1.44. The lowest BCUT2D eigenvalue weighted by Crippen LogP contribution is -2.40. The van der Waals surface area contributed by atoms with Crippen molar-refractivity contribution in [3.8, 4) is 0 Å². The summed E-state index contributed by atoms with van der Waals surface area (Å²) in [4.78, 5) is 27.5. The van der Waals surface area contributed by atoms with Crippen molar-refractivity contribution in [2.45, 2.75) is 20.8 Å². The van der Waals surface area contributed by atoms with E-state index in [1.807, 2.05) is 51.0 Å². The minimum Gasteiger partial charge on any atom is -0.350 e. The quantitative estimate of drug-likeness (QED) is 0.829. The number of hydrogen-bond donors (Lipinski definition) is 1. The van der Waals surface area contributed by atoms with E-state index in [1.54, 1.807) is 11.8 Å². The van der Waals surface area contributed by atoms with Crippen molar-refractivity contribution in [2.24, 2.45) is 0 Å². The van der Waals surface area contributed by atoms with Crippen molar-refractivity contribution in [1.29, 1.82) is 0 Å². The Hall–Kier alpha value is -1.88. The molecule has 2 amide bonds. The third-order valence-electron chi connectivity index (χ3n) is 3.70. The first-order valence-corrected chi connectivity index (χ1v) is 7.57. The molecule has 122 valence electrons. The molecule has 22 heavy (non-hydrogen) atoms. The maximum atomic E-state index is 12.1. The fraction of sp³-hybridized carbons (Fsp3) is 0.529. The van der Waals surface area contributed by atoms with Crippen LogP contribution in [0.25, 0.3) is 0 Å². The van der Waals surface area contributed by atoms with Crippen LogP contribution in [0.1, 0.15) is 28.4 Å². The Balaban J connectivity index is 2.48. The lowest BCUT2D eigenvalue weighted by molar-refractivity contribution is -0.128. The topological polar surface area (TPSA) is 52.7 Å². The molecule has 0 unspecified atom stereocenters. The highest BCUT2D eigenvalue weighted by molar-refractivity contribution is 5.94. The van der Waals surface area contributed by atoms with Crippen LogP contribution in [0.4, 0.5) is 0 Å². The summed E-state index contributed by atoms with van der Waals surface area (Å²) in [6.45, 7) is 8.03. The Morgan fingerprint density at radius 1 is 1.05 bits per heavy atom. The van der Waals surface area contributed by atoms with Gasteiger partial charge >= 0.3 is 0 Å². The highest BCUT2D eigenvalue weighted by Gasteiger charge is 2.10. The number of nitrogens with zero attached hydrogens (tertiary/aromatic N) is 2. The van der Waals surface area contributed by atoms with E-state index in [2.05, 4.69) is 5.32 Å². The van der Waals surface area contributed by atoms with Gasteiger partial charge in [0.15, 0.2) is 0 Å². The van der Waals surface area contributed by atoms with Crippen molar-refractivity contribution < 1.29 is 9.59 Å². The van der Waals surface area contributed by atoms with E-state index in [4.69, 9.17) is 0 Å². The second kappa shape index (κ2) is 8.54. The first-order valence-electron chi connectivity index (χ1n) is 7.57. The van der Waals surface area contributed by atoms with Crippen LogP contribution in [0, 0.1) is 13.8 Å². The monoisotopic (exact) mass is 305 g/mol. The molecule has 0 bridgehead atoms. The number of benzene rings is 1. The fourth-order valence-electron chi connectivity index (χ4n) is 2.04. The first-order chi connectivity index (χ1) is 10.3. The predicted molar refractivity (Wildman–Crippen MR) is 89.1 cm³/mol. The Labute approximate surface area is 133 Å². The number of aryl methyl sites for hydroxylation is 2. The van der Waals surface area contributed by atoms with Crippen LogP contribution < -0.4 is 5.32 Å². The molecule has 1 rings (SSSR count). The lowest BCUT2D eigenvalue weighted by atomic mass is 10.1. The van der Waals surface area contributed by atoms with E-state index in [0.29, 0.717) is 25.2 Å². The number of hydrogen-bond acceptors (Lipinski definition) is 3. The average Bonchev–Trinajstić information content (AvgIpc) is 2.44. The molecule has 0 saturated carbocycles. The van der Waals surface area contributed by atoms with Crippen molar-refractivity contribution in [2.75, 3.05) is 40.3 Å². The molecule has 0 atom stereocenters. The van der Waals surface area contributed by atoms with Crippen LogP contribution in [0.15, 0.2) is 18.2 Å². The summed E-state index contributed by atoms with van der Waals surface area (Å²) in [5.41, 5.74) is 2.93. The summed E-state index contributed by atoms with van der Waals surface area (Å²) in [6, 6.07) is 5.66. The van der Waals surface area contributed by atoms with Gasteiger partial charge in [0.1, 0.15) is 0 Å². The third kappa shape index (κ3) is 5.85. The molecule has 0 saturated heterocycles. The molecule has 0 heterocycles. The van der Waals surface area contributed by atoms with Gasteiger partial charge in [-0.1, -0.05) is 6.07 Å². The Morgan fingerprint density at radius 3 is 2.27 bits per heavy atom. The van der Waals surface area contributed by atoms with Crippen molar-refractivity contribution >= 4 is 11.8 Å². The molecule has 0 aliphatic heterocycles. The normalized spacial score (nSPS) is 10.6. The summed E-state index contributed by atoms with van der Waals surface area (Å²) in [6.07, 6.45) is 0. The van der Waals surface area contributed by atoms with Crippen LogP contribution in [0.3, 0.4) is 0 Å². The molecular formula is C17H27N3O2. The fourth-order valence-corrected chi connectivity index (χ4v) is 2.04. The van der Waals surface area contributed by atoms with E-state index in [9.17, 15) is 9.59 Å². The maximum Gasteiger partial charge on any atom is 0.251 e. The standard InChI is InChI=1S/C17H27N3O2/c1-13-6-7-16(12-14(13)2)17(22)18-8-9-20(15(3)21)11-10-19(4)5/h6-7,12H,8-11H2,1-5H3,(H,18,22). The highest BCUT2D eigenvalue weighted by Crippen LogP contribution is 2.09. The van der Waals surface area contributed by atoms with E-state index in [-0.39, 0.29) is 11.8 Å². The summed E-state index contributed by atoms with van der Waals surface area (Å²) < 4.78 is 0. The van der Waals surface area contributed by atoms with Crippen LogP contribution in [-0.4, -0.2) is 61.9 Å². The molecule has 1 aromatic carbocycles. The smallest absolute Gasteiger partial charge is 0.251 e. The van der Waals surface area contributed by atoms with E-state index < -0.39 is 0 Å². The van der Waals surface area contributed by atoms with Gasteiger partial charge in [-0.25, -0.2) is 0 Å². The highest BCUT2D eigenvalue weighted by atomic mass is 16.2. The number of carbonyl (C=O) groups is 2. The third-order valence-corrected chi connectivity index (χ3v) is 3.70. The van der Waals surface area contributed by atoms with E-state index >= 15 is 0 Å². The van der Waals surface area contributed by atoms with Gasteiger partial charge in [-0.05, 0) is 51.2 Å². The zero-order valence-electron chi connectivity index (χ0n) is 14.3. The van der Waals surface area contributed by atoms with Crippen LogP contribution in [0.2, 0.25) is 0 Å². The number of likely N-dealkylation sites (N-methyl/N-ethyl adjacent to an activating group) is 1. The second-order valence-electron chi connectivity index (χ2n) is 5.86. The minimum absolute atomic E-state index is 0.0299. The molecule has 0 aromatic heterocycles. The summed E-state index contributed by atoms with van der Waals surface area (Å²) in [5.74, 6) is -0.0681. The largest absolute Gasteiger partial charge is 0.350 e. The van der Waals surface area contributed by atoms with E-state index in [1.165, 1.54) is 5.56 Å².